The minimum Gasteiger partial charge on any atom is -0.456 e. The van der Waals surface area contributed by atoms with E-state index in [1.54, 1.807) is 26.8 Å². The van der Waals surface area contributed by atoms with E-state index in [9.17, 15) is 14.9 Å². The predicted molar refractivity (Wildman–Crippen MR) is 88.4 cm³/mol. The first-order chi connectivity index (χ1) is 10.7. The van der Waals surface area contributed by atoms with Crippen LogP contribution in [0, 0.1) is 17.0 Å². The Morgan fingerprint density at radius 2 is 1.74 bits per heavy atom. The molecule has 0 saturated carbocycles. The zero-order valence-electron chi connectivity index (χ0n) is 13.6. The topological polar surface area (TPSA) is 69.4 Å². The number of hydrogen-bond acceptors (Lipinski definition) is 4. The molecule has 2 rings (SSSR count). The number of benzene rings is 2. The summed E-state index contributed by atoms with van der Waals surface area (Å²) in [5, 5.41) is 11.3. The van der Waals surface area contributed by atoms with Crippen molar-refractivity contribution in [1.82, 2.24) is 0 Å². The lowest BCUT2D eigenvalue weighted by atomic mass is 10.0. The first kappa shape index (κ1) is 16.7. The van der Waals surface area contributed by atoms with E-state index in [4.69, 9.17) is 4.74 Å². The van der Waals surface area contributed by atoms with Crippen LogP contribution >= 0.6 is 0 Å². The molecule has 0 aliphatic rings. The zero-order chi connectivity index (χ0) is 17.2. The highest BCUT2D eigenvalue weighted by molar-refractivity contribution is 5.95. The molecule has 0 heterocycles. The van der Waals surface area contributed by atoms with Gasteiger partial charge in [-0.2, -0.15) is 0 Å². The van der Waals surface area contributed by atoms with Crippen LogP contribution in [0.3, 0.4) is 0 Å². The molecule has 0 unspecified atom stereocenters. The lowest BCUT2D eigenvalue weighted by Crippen LogP contribution is -2.24. The number of esters is 1. The predicted octanol–water partition coefficient (Wildman–Crippen LogP) is 4.53. The highest BCUT2D eigenvalue weighted by atomic mass is 16.6. The summed E-state index contributed by atoms with van der Waals surface area (Å²) in [6.45, 7) is 7.11. The lowest BCUT2D eigenvalue weighted by molar-refractivity contribution is -0.385. The van der Waals surface area contributed by atoms with E-state index in [-0.39, 0.29) is 11.3 Å². The molecule has 0 saturated heterocycles. The summed E-state index contributed by atoms with van der Waals surface area (Å²) in [7, 11) is 0. The van der Waals surface area contributed by atoms with Gasteiger partial charge in [-0.25, -0.2) is 4.79 Å². The SMILES string of the molecule is Cc1cccc(-c2ccc(C(=O)OC(C)(C)C)c([N+](=O)[O-])c2)c1. The summed E-state index contributed by atoms with van der Waals surface area (Å²) in [6, 6.07) is 12.2. The monoisotopic (exact) mass is 313 g/mol. The van der Waals surface area contributed by atoms with E-state index < -0.39 is 16.5 Å². The summed E-state index contributed by atoms with van der Waals surface area (Å²) in [4.78, 5) is 22.9. The number of carbonyl (C=O) groups is 1. The third kappa shape index (κ3) is 4.16. The van der Waals surface area contributed by atoms with Crippen molar-refractivity contribution in [3.8, 4) is 11.1 Å². The first-order valence-electron chi connectivity index (χ1n) is 7.26. The van der Waals surface area contributed by atoms with Crippen LogP contribution in [0.1, 0.15) is 36.7 Å². The number of rotatable bonds is 3. The van der Waals surface area contributed by atoms with Gasteiger partial charge >= 0.3 is 5.97 Å². The number of nitro groups is 1. The fourth-order valence-electron chi connectivity index (χ4n) is 2.19. The molecule has 0 aliphatic heterocycles. The Morgan fingerprint density at radius 3 is 2.30 bits per heavy atom. The maximum atomic E-state index is 12.2. The molecule has 2 aromatic rings. The molecule has 0 aliphatic carbocycles. The van der Waals surface area contributed by atoms with Gasteiger partial charge in [-0.1, -0.05) is 35.9 Å². The Hall–Kier alpha value is -2.69. The van der Waals surface area contributed by atoms with Crippen molar-refractivity contribution in [3.63, 3.8) is 0 Å². The maximum Gasteiger partial charge on any atom is 0.345 e. The van der Waals surface area contributed by atoms with Crippen molar-refractivity contribution in [1.29, 1.82) is 0 Å². The molecule has 0 spiro atoms. The normalized spacial score (nSPS) is 11.1. The van der Waals surface area contributed by atoms with Crippen molar-refractivity contribution in [3.05, 3.63) is 63.7 Å². The second-order valence-electron chi connectivity index (χ2n) is 6.36. The zero-order valence-corrected chi connectivity index (χ0v) is 13.6. The molecule has 0 N–H and O–H groups in total. The Balaban J connectivity index is 2.47. The van der Waals surface area contributed by atoms with Gasteiger partial charge in [0, 0.05) is 6.07 Å². The van der Waals surface area contributed by atoms with Crippen LogP contribution in [0.2, 0.25) is 0 Å². The molecular formula is C18H19NO4. The smallest absolute Gasteiger partial charge is 0.345 e. The van der Waals surface area contributed by atoms with Crippen molar-refractivity contribution < 1.29 is 14.5 Å². The largest absolute Gasteiger partial charge is 0.456 e. The van der Waals surface area contributed by atoms with Gasteiger partial charge in [-0.05, 0) is 44.9 Å². The number of carbonyl (C=O) groups excluding carboxylic acids is 1. The van der Waals surface area contributed by atoms with E-state index in [0.717, 1.165) is 11.1 Å². The van der Waals surface area contributed by atoms with Crippen molar-refractivity contribution >= 4 is 11.7 Å². The van der Waals surface area contributed by atoms with Crippen molar-refractivity contribution in [2.24, 2.45) is 0 Å². The van der Waals surface area contributed by atoms with Crippen molar-refractivity contribution in [2.75, 3.05) is 0 Å². The lowest BCUT2D eigenvalue weighted by Gasteiger charge is -2.19. The molecule has 0 bridgehead atoms. The number of nitro benzene ring substituents is 1. The van der Waals surface area contributed by atoms with Crippen LogP contribution in [-0.4, -0.2) is 16.5 Å². The molecule has 5 nitrogen and oxygen atoms in total. The molecule has 0 radical (unpaired) electrons. The maximum absolute atomic E-state index is 12.2. The summed E-state index contributed by atoms with van der Waals surface area (Å²) in [6.07, 6.45) is 0. The van der Waals surface area contributed by atoms with E-state index in [0.29, 0.717) is 5.56 Å². The minimum atomic E-state index is -0.708. The van der Waals surface area contributed by atoms with Crippen LogP contribution in [0.4, 0.5) is 5.69 Å². The van der Waals surface area contributed by atoms with Crippen LogP contribution < -0.4 is 0 Å². The van der Waals surface area contributed by atoms with Gasteiger partial charge in [-0.15, -0.1) is 0 Å². The van der Waals surface area contributed by atoms with E-state index in [2.05, 4.69) is 0 Å². The van der Waals surface area contributed by atoms with Crippen LogP contribution in [0.25, 0.3) is 11.1 Å². The van der Waals surface area contributed by atoms with Gasteiger partial charge in [0.2, 0.25) is 0 Å². The summed E-state index contributed by atoms with van der Waals surface area (Å²) in [5.74, 6) is -0.694. The molecule has 120 valence electrons. The summed E-state index contributed by atoms with van der Waals surface area (Å²) in [5.41, 5.74) is 1.61. The molecule has 0 amide bonds. The Morgan fingerprint density at radius 1 is 1.09 bits per heavy atom. The van der Waals surface area contributed by atoms with Gasteiger partial charge in [0.05, 0.1) is 4.92 Å². The third-order valence-electron chi connectivity index (χ3n) is 3.16. The van der Waals surface area contributed by atoms with E-state index >= 15 is 0 Å². The average molecular weight is 313 g/mol. The molecule has 2 aromatic carbocycles. The van der Waals surface area contributed by atoms with Crippen LogP contribution in [0.5, 0.6) is 0 Å². The fraction of sp³-hybridized carbons (Fsp3) is 0.278. The molecule has 5 heteroatoms. The molecule has 23 heavy (non-hydrogen) atoms. The van der Waals surface area contributed by atoms with Gasteiger partial charge in [-0.3, -0.25) is 10.1 Å². The summed E-state index contributed by atoms with van der Waals surface area (Å²) < 4.78 is 5.24. The van der Waals surface area contributed by atoms with Crippen LogP contribution in [-0.2, 0) is 4.74 Å². The van der Waals surface area contributed by atoms with Gasteiger partial charge in [0.15, 0.2) is 0 Å². The van der Waals surface area contributed by atoms with E-state index in [1.165, 1.54) is 12.1 Å². The first-order valence-corrected chi connectivity index (χ1v) is 7.26. The number of aryl methyl sites for hydroxylation is 1. The van der Waals surface area contributed by atoms with E-state index in [1.807, 2.05) is 31.2 Å². The Bertz CT molecular complexity index is 760. The number of ether oxygens (including phenoxy) is 1. The standard InChI is InChI=1S/C18H19NO4/c1-12-6-5-7-13(10-12)14-8-9-15(16(11-14)19(21)22)17(20)23-18(2,3)4/h5-11H,1-4H3. The fourth-order valence-corrected chi connectivity index (χ4v) is 2.19. The quantitative estimate of drug-likeness (QED) is 0.474. The Labute approximate surface area is 135 Å². The highest BCUT2D eigenvalue weighted by Gasteiger charge is 2.26. The van der Waals surface area contributed by atoms with Crippen LogP contribution in [0.15, 0.2) is 42.5 Å². The second-order valence-corrected chi connectivity index (χ2v) is 6.36. The number of hydrogen-bond donors (Lipinski definition) is 0. The number of nitrogens with zero attached hydrogens (tertiary/aromatic N) is 1. The molecular weight excluding hydrogens is 294 g/mol. The third-order valence-corrected chi connectivity index (χ3v) is 3.16. The average Bonchev–Trinajstić information content (AvgIpc) is 2.44. The highest BCUT2D eigenvalue weighted by Crippen LogP contribution is 2.29. The van der Waals surface area contributed by atoms with Crippen molar-refractivity contribution in [2.45, 2.75) is 33.3 Å². The molecule has 0 aromatic heterocycles. The second kappa shape index (κ2) is 6.20. The van der Waals surface area contributed by atoms with Gasteiger partial charge < -0.3 is 4.74 Å². The molecule has 0 fully saturated rings. The Kier molecular flexibility index (Phi) is 4.50. The summed E-state index contributed by atoms with van der Waals surface area (Å²) >= 11 is 0. The molecule has 0 atom stereocenters. The van der Waals surface area contributed by atoms with Gasteiger partial charge in [0.25, 0.3) is 5.69 Å². The van der Waals surface area contributed by atoms with Gasteiger partial charge in [0.1, 0.15) is 11.2 Å². The minimum absolute atomic E-state index is 0.0404.